The summed E-state index contributed by atoms with van der Waals surface area (Å²) in [4.78, 5) is 12.3. The summed E-state index contributed by atoms with van der Waals surface area (Å²) >= 11 is 0. The molecular weight excluding hydrogens is 202 g/mol. The Morgan fingerprint density at radius 3 is 2.31 bits per heavy atom. The summed E-state index contributed by atoms with van der Waals surface area (Å²) in [7, 11) is 1.87. The van der Waals surface area contributed by atoms with E-state index in [9.17, 15) is 4.79 Å². The summed E-state index contributed by atoms with van der Waals surface area (Å²) in [5.74, 6) is 0.756. The van der Waals surface area contributed by atoms with Gasteiger partial charge in [-0.1, -0.05) is 40.0 Å². The highest BCUT2D eigenvalue weighted by Gasteiger charge is 2.07. The van der Waals surface area contributed by atoms with Crippen molar-refractivity contribution in [1.29, 1.82) is 0 Å². The number of aliphatic carboxylic acids is 1. The van der Waals surface area contributed by atoms with Crippen molar-refractivity contribution in [2.24, 2.45) is 11.8 Å². The van der Waals surface area contributed by atoms with Crippen molar-refractivity contribution >= 4 is 5.97 Å². The number of rotatable bonds is 9. The molecule has 16 heavy (non-hydrogen) atoms. The molecular formula is C13H27NO2. The Morgan fingerprint density at radius 1 is 1.19 bits per heavy atom. The van der Waals surface area contributed by atoms with Crippen LogP contribution in [-0.4, -0.2) is 36.1 Å². The van der Waals surface area contributed by atoms with Gasteiger partial charge >= 0.3 is 5.97 Å². The van der Waals surface area contributed by atoms with Crippen molar-refractivity contribution in [3.05, 3.63) is 0 Å². The van der Waals surface area contributed by atoms with Gasteiger partial charge in [-0.3, -0.25) is 9.69 Å². The Balaban J connectivity index is 3.49. The lowest BCUT2D eigenvalue weighted by molar-refractivity contribution is -0.138. The number of nitrogens with zero attached hydrogens (tertiary/aromatic N) is 1. The fourth-order valence-electron chi connectivity index (χ4n) is 1.77. The van der Waals surface area contributed by atoms with Crippen molar-refractivity contribution in [3.63, 3.8) is 0 Å². The molecule has 0 radical (unpaired) electrons. The van der Waals surface area contributed by atoms with Crippen LogP contribution in [0.25, 0.3) is 0 Å². The Morgan fingerprint density at radius 2 is 1.81 bits per heavy atom. The number of hydrogen-bond acceptors (Lipinski definition) is 2. The predicted molar refractivity (Wildman–Crippen MR) is 67.6 cm³/mol. The molecule has 0 heterocycles. The molecule has 0 amide bonds. The topological polar surface area (TPSA) is 40.5 Å². The van der Waals surface area contributed by atoms with Crippen molar-refractivity contribution in [2.75, 3.05) is 20.1 Å². The van der Waals surface area contributed by atoms with Crippen LogP contribution < -0.4 is 0 Å². The number of likely N-dealkylation sites (N-methyl/N-ethyl adjacent to an activating group) is 1. The lowest BCUT2D eigenvalue weighted by Crippen LogP contribution is -2.27. The van der Waals surface area contributed by atoms with Crippen LogP contribution in [-0.2, 0) is 4.79 Å². The molecule has 0 fully saturated rings. The van der Waals surface area contributed by atoms with E-state index in [-0.39, 0.29) is 6.54 Å². The smallest absolute Gasteiger partial charge is 0.317 e. The normalized spacial score (nSPS) is 13.4. The summed E-state index contributed by atoms with van der Waals surface area (Å²) in [6.45, 7) is 7.80. The van der Waals surface area contributed by atoms with E-state index in [0.29, 0.717) is 5.92 Å². The van der Waals surface area contributed by atoms with Gasteiger partial charge in [0, 0.05) is 0 Å². The molecule has 1 unspecified atom stereocenters. The maximum Gasteiger partial charge on any atom is 0.317 e. The highest BCUT2D eigenvalue weighted by Crippen LogP contribution is 2.15. The van der Waals surface area contributed by atoms with Gasteiger partial charge in [-0.2, -0.15) is 0 Å². The number of carboxylic acids is 1. The average molecular weight is 229 g/mol. The molecule has 96 valence electrons. The van der Waals surface area contributed by atoms with Gasteiger partial charge in [0.05, 0.1) is 6.54 Å². The maximum absolute atomic E-state index is 10.5. The summed E-state index contributed by atoms with van der Waals surface area (Å²) in [6, 6.07) is 0. The zero-order valence-corrected chi connectivity index (χ0v) is 11.2. The van der Waals surface area contributed by atoms with Crippen LogP contribution in [0.15, 0.2) is 0 Å². The molecule has 0 rings (SSSR count). The van der Waals surface area contributed by atoms with Crippen molar-refractivity contribution in [3.8, 4) is 0 Å². The second kappa shape index (κ2) is 8.57. The summed E-state index contributed by atoms with van der Waals surface area (Å²) in [5, 5.41) is 8.61. The number of carboxylic acid groups (broad SMARTS) is 1. The molecule has 0 aromatic heterocycles. The third kappa shape index (κ3) is 9.97. The molecule has 0 aromatic carbocycles. The minimum absolute atomic E-state index is 0.152. The molecule has 1 atom stereocenters. The van der Waals surface area contributed by atoms with Gasteiger partial charge < -0.3 is 5.11 Å². The molecule has 0 bridgehead atoms. The van der Waals surface area contributed by atoms with Gasteiger partial charge in [-0.25, -0.2) is 0 Å². The van der Waals surface area contributed by atoms with Crippen LogP contribution in [0.3, 0.4) is 0 Å². The first kappa shape index (κ1) is 15.4. The quantitative estimate of drug-likeness (QED) is 0.661. The molecule has 3 nitrogen and oxygen atoms in total. The summed E-state index contributed by atoms with van der Waals surface area (Å²) < 4.78 is 0. The third-order valence-corrected chi connectivity index (χ3v) is 2.89. The minimum Gasteiger partial charge on any atom is -0.480 e. The molecule has 0 aromatic rings. The zero-order valence-electron chi connectivity index (χ0n) is 11.2. The van der Waals surface area contributed by atoms with Crippen molar-refractivity contribution in [2.45, 2.75) is 46.5 Å². The van der Waals surface area contributed by atoms with Crippen LogP contribution >= 0.6 is 0 Å². The van der Waals surface area contributed by atoms with E-state index >= 15 is 0 Å². The van der Waals surface area contributed by atoms with Crippen LogP contribution in [0, 0.1) is 11.8 Å². The van der Waals surface area contributed by atoms with Gasteiger partial charge in [-0.05, 0) is 31.8 Å². The molecule has 1 N–H and O–H groups in total. The van der Waals surface area contributed by atoms with Crippen LogP contribution in [0.1, 0.15) is 46.5 Å². The molecule has 0 aliphatic carbocycles. The Hall–Kier alpha value is -0.570. The Labute approximate surface area is 99.8 Å². The average Bonchev–Trinajstić information content (AvgIpc) is 2.13. The van der Waals surface area contributed by atoms with Crippen LogP contribution in [0.2, 0.25) is 0 Å². The van der Waals surface area contributed by atoms with E-state index in [2.05, 4.69) is 20.8 Å². The molecule has 0 saturated heterocycles. The van der Waals surface area contributed by atoms with E-state index in [1.165, 1.54) is 19.3 Å². The third-order valence-electron chi connectivity index (χ3n) is 2.89. The van der Waals surface area contributed by atoms with Crippen LogP contribution in [0.5, 0.6) is 0 Å². The van der Waals surface area contributed by atoms with Crippen molar-refractivity contribution < 1.29 is 9.90 Å². The van der Waals surface area contributed by atoms with Gasteiger partial charge in [0.2, 0.25) is 0 Å². The van der Waals surface area contributed by atoms with Gasteiger partial charge in [-0.15, -0.1) is 0 Å². The molecule has 0 aliphatic heterocycles. The number of carbonyl (C=O) groups is 1. The largest absolute Gasteiger partial charge is 0.480 e. The van der Waals surface area contributed by atoms with Crippen molar-refractivity contribution in [1.82, 2.24) is 4.90 Å². The van der Waals surface area contributed by atoms with E-state index in [0.717, 1.165) is 18.9 Å². The summed E-state index contributed by atoms with van der Waals surface area (Å²) in [6.07, 6.45) is 4.96. The second-order valence-corrected chi connectivity index (χ2v) is 5.35. The SMILES string of the molecule is CC(C)CCCC(C)CCN(C)CC(=O)O. The second-order valence-electron chi connectivity index (χ2n) is 5.35. The lowest BCUT2D eigenvalue weighted by atomic mass is 9.97. The molecule has 0 aliphatic rings. The monoisotopic (exact) mass is 229 g/mol. The first-order valence-corrected chi connectivity index (χ1v) is 6.32. The fraction of sp³-hybridized carbons (Fsp3) is 0.923. The highest BCUT2D eigenvalue weighted by atomic mass is 16.4. The Bertz CT molecular complexity index is 192. The van der Waals surface area contributed by atoms with E-state index in [1.54, 1.807) is 0 Å². The standard InChI is InChI=1S/C13H27NO2/c1-11(2)6-5-7-12(3)8-9-14(4)10-13(15)16/h11-12H,5-10H2,1-4H3,(H,15,16). The Kier molecular flexibility index (Phi) is 8.26. The zero-order chi connectivity index (χ0) is 12.6. The first-order chi connectivity index (χ1) is 7.41. The van der Waals surface area contributed by atoms with Gasteiger partial charge in [0.15, 0.2) is 0 Å². The lowest BCUT2D eigenvalue weighted by Gasteiger charge is -2.17. The van der Waals surface area contributed by atoms with Gasteiger partial charge in [0.1, 0.15) is 0 Å². The van der Waals surface area contributed by atoms with E-state index in [1.807, 2.05) is 11.9 Å². The van der Waals surface area contributed by atoms with Crippen LogP contribution in [0.4, 0.5) is 0 Å². The molecule has 0 saturated carbocycles. The summed E-state index contributed by atoms with van der Waals surface area (Å²) in [5.41, 5.74) is 0. The minimum atomic E-state index is -0.741. The maximum atomic E-state index is 10.5. The highest BCUT2D eigenvalue weighted by molar-refractivity contribution is 5.68. The van der Waals surface area contributed by atoms with E-state index < -0.39 is 5.97 Å². The predicted octanol–water partition coefficient (Wildman–Crippen LogP) is 2.86. The fourth-order valence-corrected chi connectivity index (χ4v) is 1.77. The molecule has 0 spiro atoms. The molecule has 3 heteroatoms. The first-order valence-electron chi connectivity index (χ1n) is 6.32. The van der Waals surface area contributed by atoms with E-state index in [4.69, 9.17) is 5.11 Å². The number of hydrogen-bond donors (Lipinski definition) is 1. The van der Waals surface area contributed by atoms with Gasteiger partial charge in [0.25, 0.3) is 0 Å².